The molecular formula is C32H36N2O. The Kier molecular flexibility index (Phi) is 7.65. The molecule has 1 amide bonds. The van der Waals surface area contributed by atoms with E-state index in [1.807, 2.05) is 37.3 Å². The summed E-state index contributed by atoms with van der Waals surface area (Å²) in [5.74, 6) is 1.07. The molecule has 2 atom stereocenters. The fourth-order valence-electron chi connectivity index (χ4n) is 4.50. The lowest BCUT2D eigenvalue weighted by molar-refractivity contribution is 0.0941. The molecule has 4 rings (SSSR count). The van der Waals surface area contributed by atoms with Gasteiger partial charge in [-0.2, -0.15) is 0 Å². The second kappa shape index (κ2) is 10.9. The molecule has 0 fully saturated rings. The summed E-state index contributed by atoms with van der Waals surface area (Å²) in [7, 11) is 0. The maximum atomic E-state index is 13.5. The standard InChI is InChI=1S/C32H36N2O/c1-6-22(4)25-15-17-26(18-16-25)23(5)33-32(35)29-20-31(34-30-10-8-7-9-28(29)30)27-13-11-24(12-14-27)19-21(2)3/h7-18,20-23H,6,19H2,1-5H3,(H,33,35)/t22-,23+/m1/s1. The van der Waals surface area contributed by atoms with Gasteiger partial charge in [0.05, 0.1) is 22.8 Å². The molecule has 3 aromatic carbocycles. The Labute approximate surface area is 209 Å². The van der Waals surface area contributed by atoms with E-state index in [0.29, 0.717) is 17.4 Å². The van der Waals surface area contributed by atoms with Crippen LogP contribution in [0.3, 0.4) is 0 Å². The molecule has 35 heavy (non-hydrogen) atoms. The van der Waals surface area contributed by atoms with Crippen LogP contribution >= 0.6 is 0 Å². The van der Waals surface area contributed by atoms with Crippen LogP contribution < -0.4 is 5.32 Å². The Morgan fingerprint density at radius 2 is 1.51 bits per heavy atom. The van der Waals surface area contributed by atoms with Crippen molar-refractivity contribution in [2.75, 3.05) is 0 Å². The van der Waals surface area contributed by atoms with E-state index in [2.05, 4.69) is 81.5 Å². The highest BCUT2D eigenvalue weighted by molar-refractivity contribution is 6.07. The van der Waals surface area contributed by atoms with Crippen LogP contribution in [0.25, 0.3) is 22.2 Å². The second-order valence-corrected chi connectivity index (χ2v) is 10.0. The van der Waals surface area contributed by atoms with Crippen LogP contribution in [0.4, 0.5) is 0 Å². The third-order valence-corrected chi connectivity index (χ3v) is 6.82. The minimum atomic E-state index is -0.0980. The third-order valence-electron chi connectivity index (χ3n) is 6.82. The van der Waals surface area contributed by atoms with Gasteiger partial charge in [0, 0.05) is 10.9 Å². The maximum absolute atomic E-state index is 13.5. The fraction of sp³-hybridized carbons (Fsp3) is 0.312. The fourth-order valence-corrected chi connectivity index (χ4v) is 4.50. The summed E-state index contributed by atoms with van der Waals surface area (Å²) in [6.07, 6.45) is 2.17. The lowest BCUT2D eigenvalue weighted by atomic mass is 9.96. The number of para-hydroxylation sites is 1. The largest absolute Gasteiger partial charge is 0.345 e. The van der Waals surface area contributed by atoms with Gasteiger partial charge in [0.1, 0.15) is 0 Å². The van der Waals surface area contributed by atoms with Gasteiger partial charge in [-0.3, -0.25) is 4.79 Å². The number of nitrogens with zero attached hydrogens (tertiary/aromatic N) is 1. The summed E-state index contributed by atoms with van der Waals surface area (Å²) < 4.78 is 0. The van der Waals surface area contributed by atoms with Crippen molar-refractivity contribution in [1.29, 1.82) is 0 Å². The van der Waals surface area contributed by atoms with Crippen LogP contribution in [0.1, 0.15) is 80.0 Å². The zero-order valence-electron chi connectivity index (χ0n) is 21.5. The highest BCUT2D eigenvalue weighted by Crippen LogP contribution is 2.27. The van der Waals surface area contributed by atoms with E-state index in [1.165, 1.54) is 11.1 Å². The first kappa shape index (κ1) is 24.7. The average Bonchev–Trinajstić information content (AvgIpc) is 2.87. The first-order valence-electron chi connectivity index (χ1n) is 12.8. The molecule has 0 aliphatic carbocycles. The minimum absolute atomic E-state index is 0.0835. The Morgan fingerprint density at radius 1 is 0.857 bits per heavy atom. The van der Waals surface area contributed by atoms with Gasteiger partial charge in [-0.25, -0.2) is 4.98 Å². The van der Waals surface area contributed by atoms with Crippen molar-refractivity contribution in [3.05, 3.63) is 101 Å². The molecule has 0 spiro atoms. The van der Waals surface area contributed by atoms with Crippen molar-refractivity contribution < 1.29 is 4.79 Å². The number of aromatic nitrogens is 1. The van der Waals surface area contributed by atoms with Crippen molar-refractivity contribution in [1.82, 2.24) is 10.3 Å². The summed E-state index contributed by atoms with van der Waals surface area (Å²) in [6.45, 7) is 10.9. The van der Waals surface area contributed by atoms with E-state index in [4.69, 9.17) is 4.98 Å². The van der Waals surface area contributed by atoms with Gasteiger partial charge in [0.15, 0.2) is 0 Å². The molecule has 1 N–H and O–H groups in total. The molecule has 0 radical (unpaired) electrons. The molecule has 0 bridgehead atoms. The molecule has 0 unspecified atom stereocenters. The number of hydrogen-bond donors (Lipinski definition) is 1. The maximum Gasteiger partial charge on any atom is 0.252 e. The summed E-state index contributed by atoms with van der Waals surface area (Å²) in [5.41, 5.74) is 7.06. The lowest BCUT2D eigenvalue weighted by Gasteiger charge is -2.17. The third kappa shape index (κ3) is 5.79. The van der Waals surface area contributed by atoms with Gasteiger partial charge in [0.2, 0.25) is 0 Å². The number of nitrogens with one attached hydrogen (secondary N) is 1. The minimum Gasteiger partial charge on any atom is -0.345 e. The van der Waals surface area contributed by atoms with Crippen LogP contribution in [0.5, 0.6) is 0 Å². The van der Waals surface area contributed by atoms with Crippen molar-refractivity contribution >= 4 is 16.8 Å². The molecule has 1 heterocycles. The van der Waals surface area contributed by atoms with Gasteiger partial charge < -0.3 is 5.32 Å². The predicted octanol–water partition coefficient (Wildman–Crippen LogP) is 8.10. The first-order chi connectivity index (χ1) is 16.9. The van der Waals surface area contributed by atoms with E-state index in [9.17, 15) is 4.79 Å². The molecular weight excluding hydrogens is 428 g/mol. The van der Waals surface area contributed by atoms with Crippen molar-refractivity contribution in [2.45, 2.75) is 59.4 Å². The monoisotopic (exact) mass is 464 g/mol. The quantitative estimate of drug-likeness (QED) is 0.286. The van der Waals surface area contributed by atoms with E-state index in [1.54, 1.807) is 0 Å². The van der Waals surface area contributed by atoms with Crippen LogP contribution in [0.15, 0.2) is 78.9 Å². The number of hydrogen-bond acceptors (Lipinski definition) is 2. The normalized spacial score (nSPS) is 13.1. The number of pyridine rings is 1. The molecule has 0 aliphatic heterocycles. The van der Waals surface area contributed by atoms with Gasteiger partial charge in [-0.1, -0.05) is 94.4 Å². The Bertz CT molecular complexity index is 1290. The second-order valence-electron chi connectivity index (χ2n) is 10.0. The van der Waals surface area contributed by atoms with E-state index in [-0.39, 0.29) is 11.9 Å². The number of amides is 1. The summed E-state index contributed by atoms with van der Waals surface area (Å²) >= 11 is 0. The molecule has 0 aliphatic rings. The number of fused-ring (bicyclic) bond motifs is 1. The smallest absolute Gasteiger partial charge is 0.252 e. The molecule has 4 aromatic rings. The molecule has 0 saturated heterocycles. The van der Waals surface area contributed by atoms with Crippen molar-refractivity contribution in [3.8, 4) is 11.3 Å². The van der Waals surface area contributed by atoms with Crippen molar-refractivity contribution in [2.24, 2.45) is 5.92 Å². The molecule has 3 nitrogen and oxygen atoms in total. The topological polar surface area (TPSA) is 42.0 Å². The number of rotatable bonds is 8. The van der Waals surface area contributed by atoms with Crippen LogP contribution in [-0.2, 0) is 6.42 Å². The Hall–Kier alpha value is -3.46. The summed E-state index contributed by atoms with van der Waals surface area (Å²) in [5, 5.41) is 4.08. The highest BCUT2D eigenvalue weighted by atomic mass is 16.1. The Balaban J connectivity index is 1.62. The highest BCUT2D eigenvalue weighted by Gasteiger charge is 2.17. The van der Waals surface area contributed by atoms with Gasteiger partial charge in [-0.15, -0.1) is 0 Å². The van der Waals surface area contributed by atoms with E-state index in [0.717, 1.165) is 40.6 Å². The molecule has 1 aromatic heterocycles. The number of carbonyl (C=O) groups excluding carboxylic acids is 1. The van der Waals surface area contributed by atoms with E-state index < -0.39 is 0 Å². The van der Waals surface area contributed by atoms with Crippen LogP contribution in [-0.4, -0.2) is 10.9 Å². The summed E-state index contributed by atoms with van der Waals surface area (Å²) in [6, 6.07) is 26.8. The van der Waals surface area contributed by atoms with Crippen LogP contribution in [0, 0.1) is 5.92 Å². The first-order valence-corrected chi connectivity index (χ1v) is 12.8. The molecule has 180 valence electrons. The summed E-state index contributed by atoms with van der Waals surface area (Å²) in [4.78, 5) is 18.4. The van der Waals surface area contributed by atoms with Crippen molar-refractivity contribution in [3.63, 3.8) is 0 Å². The predicted molar refractivity (Wildman–Crippen MR) is 147 cm³/mol. The Morgan fingerprint density at radius 3 is 2.17 bits per heavy atom. The van der Waals surface area contributed by atoms with E-state index >= 15 is 0 Å². The molecule has 0 saturated carbocycles. The zero-order valence-corrected chi connectivity index (χ0v) is 21.5. The molecule has 3 heteroatoms. The average molecular weight is 465 g/mol. The lowest BCUT2D eigenvalue weighted by Crippen LogP contribution is -2.27. The number of benzene rings is 3. The van der Waals surface area contributed by atoms with Gasteiger partial charge in [0.25, 0.3) is 5.91 Å². The van der Waals surface area contributed by atoms with Crippen LogP contribution in [0.2, 0.25) is 0 Å². The van der Waals surface area contributed by atoms with Gasteiger partial charge >= 0.3 is 0 Å². The van der Waals surface area contributed by atoms with Gasteiger partial charge in [-0.05, 0) is 60.4 Å². The zero-order chi connectivity index (χ0) is 24.9. The SMILES string of the molecule is CC[C@@H](C)c1ccc([C@H](C)NC(=O)c2cc(-c3ccc(CC(C)C)cc3)nc3ccccc23)cc1. The number of carbonyl (C=O) groups is 1.